The maximum Gasteiger partial charge on any atom is 0.0632 e. The monoisotopic (exact) mass is 305 g/mol. The standard InChI is InChI=1S/C12H17BrClNO/c1-2-3-4-10(8-16)15-9-5-6-12(14)11(13)7-9/h5-7,10,15-16H,2-4,8H2,1H3. The molecular weight excluding hydrogens is 289 g/mol. The summed E-state index contributed by atoms with van der Waals surface area (Å²) in [6, 6.07) is 5.80. The van der Waals surface area contributed by atoms with Gasteiger partial charge in [-0.15, -0.1) is 0 Å². The zero-order chi connectivity index (χ0) is 12.0. The van der Waals surface area contributed by atoms with Crippen LogP contribution in [0.3, 0.4) is 0 Å². The number of benzene rings is 1. The maximum absolute atomic E-state index is 9.24. The van der Waals surface area contributed by atoms with Crippen LogP contribution in [-0.4, -0.2) is 17.8 Å². The predicted octanol–water partition coefficient (Wildman–Crippen LogP) is 4.07. The second-order valence-electron chi connectivity index (χ2n) is 3.79. The number of aliphatic hydroxyl groups is 1. The van der Waals surface area contributed by atoms with Crippen LogP contribution in [0.4, 0.5) is 5.69 Å². The molecule has 0 aliphatic heterocycles. The topological polar surface area (TPSA) is 32.3 Å². The molecule has 2 N–H and O–H groups in total. The molecule has 1 atom stereocenters. The van der Waals surface area contributed by atoms with E-state index < -0.39 is 0 Å². The van der Waals surface area contributed by atoms with E-state index in [2.05, 4.69) is 28.2 Å². The minimum Gasteiger partial charge on any atom is -0.394 e. The van der Waals surface area contributed by atoms with Crippen LogP contribution in [-0.2, 0) is 0 Å². The summed E-state index contributed by atoms with van der Waals surface area (Å²) in [5, 5.41) is 13.2. The molecule has 2 nitrogen and oxygen atoms in total. The molecule has 0 aliphatic rings. The largest absolute Gasteiger partial charge is 0.394 e. The zero-order valence-electron chi connectivity index (χ0n) is 9.34. The Morgan fingerprint density at radius 3 is 2.81 bits per heavy atom. The van der Waals surface area contributed by atoms with E-state index in [0.717, 1.165) is 29.4 Å². The highest BCUT2D eigenvalue weighted by atomic mass is 79.9. The second kappa shape index (κ2) is 7.15. The lowest BCUT2D eigenvalue weighted by atomic mass is 10.1. The first kappa shape index (κ1) is 13.8. The van der Waals surface area contributed by atoms with Gasteiger partial charge in [0.05, 0.1) is 11.6 Å². The Bertz CT molecular complexity index is 333. The van der Waals surface area contributed by atoms with Crippen LogP contribution in [0, 0.1) is 0 Å². The van der Waals surface area contributed by atoms with E-state index in [1.807, 2.05) is 18.2 Å². The number of rotatable bonds is 6. The van der Waals surface area contributed by atoms with Gasteiger partial charge in [-0.1, -0.05) is 31.4 Å². The molecule has 1 unspecified atom stereocenters. The van der Waals surface area contributed by atoms with Crippen molar-refractivity contribution in [1.29, 1.82) is 0 Å². The van der Waals surface area contributed by atoms with Crippen molar-refractivity contribution in [3.8, 4) is 0 Å². The molecular formula is C12H17BrClNO. The van der Waals surface area contributed by atoms with E-state index in [1.165, 1.54) is 0 Å². The molecule has 0 amide bonds. The minimum absolute atomic E-state index is 0.119. The summed E-state index contributed by atoms with van der Waals surface area (Å²) in [7, 11) is 0. The first-order chi connectivity index (χ1) is 7.67. The molecule has 0 radical (unpaired) electrons. The average molecular weight is 307 g/mol. The van der Waals surface area contributed by atoms with Crippen LogP contribution in [0.1, 0.15) is 26.2 Å². The lowest BCUT2D eigenvalue weighted by Gasteiger charge is -2.17. The smallest absolute Gasteiger partial charge is 0.0632 e. The summed E-state index contributed by atoms with van der Waals surface area (Å²) in [4.78, 5) is 0. The molecule has 0 saturated heterocycles. The molecule has 0 aromatic heterocycles. The van der Waals surface area contributed by atoms with E-state index in [9.17, 15) is 5.11 Å². The fourth-order valence-corrected chi connectivity index (χ4v) is 1.98. The van der Waals surface area contributed by atoms with Crippen LogP contribution in [0.2, 0.25) is 5.02 Å². The third-order valence-corrected chi connectivity index (χ3v) is 3.63. The molecule has 16 heavy (non-hydrogen) atoms. The molecule has 0 heterocycles. The van der Waals surface area contributed by atoms with Crippen LogP contribution >= 0.6 is 27.5 Å². The normalized spacial score (nSPS) is 12.5. The summed E-state index contributed by atoms with van der Waals surface area (Å²) < 4.78 is 0.867. The SMILES string of the molecule is CCCCC(CO)Nc1ccc(Cl)c(Br)c1. The summed E-state index contributed by atoms with van der Waals surface area (Å²) >= 11 is 9.29. The third-order valence-electron chi connectivity index (χ3n) is 2.42. The fourth-order valence-electron chi connectivity index (χ4n) is 1.48. The van der Waals surface area contributed by atoms with E-state index in [4.69, 9.17) is 11.6 Å². The number of halogens is 2. The Morgan fingerprint density at radius 2 is 2.25 bits per heavy atom. The molecule has 0 spiro atoms. The lowest BCUT2D eigenvalue weighted by Crippen LogP contribution is -2.23. The van der Waals surface area contributed by atoms with E-state index >= 15 is 0 Å². The highest BCUT2D eigenvalue weighted by Gasteiger charge is 2.07. The molecule has 4 heteroatoms. The van der Waals surface area contributed by atoms with Gasteiger partial charge < -0.3 is 10.4 Å². The van der Waals surface area contributed by atoms with E-state index in [0.29, 0.717) is 5.02 Å². The average Bonchev–Trinajstić information content (AvgIpc) is 2.29. The van der Waals surface area contributed by atoms with Gasteiger partial charge in [0, 0.05) is 16.2 Å². The fraction of sp³-hybridized carbons (Fsp3) is 0.500. The third kappa shape index (κ3) is 4.32. The van der Waals surface area contributed by atoms with Crippen molar-refractivity contribution in [3.63, 3.8) is 0 Å². The molecule has 0 fully saturated rings. The molecule has 0 bridgehead atoms. The van der Waals surface area contributed by atoms with Gasteiger partial charge in [-0.05, 0) is 40.5 Å². The predicted molar refractivity (Wildman–Crippen MR) is 73.2 cm³/mol. The summed E-state index contributed by atoms with van der Waals surface area (Å²) in [6.45, 7) is 2.30. The Balaban J connectivity index is 2.59. The molecule has 1 aromatic carbocycles. The Labute approximate surface area is 110 Å². The van der Waals surface area contributed by atoms with Gasteiger partial charge in [0.25, 0.3) is 0 Å². The Hall–Kier alpha value is -0.250. The van der Waals surface area contributed by atoms with Crippen LogP contribution in [0.15, 0.2) is 22.7 Å². The lowest BCUT2D eigenvalue weighted by molar-refractivity contribution is 0.267. The second-order valence-corrected chi connectivity index (χ2v) is 5.06. The summed E-state index contributed by atoms with van der Waals surface area (Å²) in [6.07, 6.45) is 3.24. The highest BCUT2D eigenvalue weighted by molar-refractivity contribution is 9.10. The zero-order valence-corrected chi connectivity index (χ0v) is 11.7. The molecule has 1 aromatic rings. The summed E-state index contributed by atoms with van der Waals surface area (Å²) in [5.41, 5.74) is 0.978. The molecule has 90 valence electrons. The minimum atomic E-state index is 0.119. The molecule has 0 aliphatic carbocycles. The van der Waals surface area contributed by atoms with Crippen molar-refractivity contribution in [2.45, 2.75) is 32.2 Å². The number of unbranched alkanes of at least 4 members (excludes halogenated alkanes) is 1. The van der Waals surface area contributed by atoms with Gasteiger partial charge in [0.15, 0.2) is 0 Å². The van der Waals surface area contributed by atoms with Crippen molar-refractivity contribution in [1.82, 2.24) is 0 Å². The van der Waals surface area contributed by atoms with Crippen LogP contribution in [0.25, 0.3) is 0 Å². The van der Waals surface area contributed by atoms with Gasteiger partial charge in [0.1, 0.15) is 0 Å². The number of nitrogens with one attached hydrogen (secondary N) is 1. The maximum atomic E-state index is 9.24. The van der Waals surface area contributed by atoms with Gasteiger partial charge >= 0.3 is 0 Å². The van der Waals surface area contributed by atoms with Crippen LogP contribution in [0.5, 0.6) is 0 Å². The van der Waals surface area contributed by atoms with E-state index in [-0.39, 0.29) is 12.6 Å². The van der Waals surface area contributed by atoms with E-state index in [1.54, 1.807) is 0 Å². The van der Waals surface area contributed by atoms with Crippen molar-refractivity contribution in [2.24, 2.45) is 0 Å². The first-order valence-corrected chi connectivity index (χ1v) is 6.67. The number of anilines is 1. The quantitative estimate of drug-likeness (QED) is 0.830. The molecule has 1 rings (SSSR count). The highest BCUT2D eigenvalue weighted by Crippen LogP contribution is 2.26. The van der Waals surface area contributed by atoms with Crippen molar-refractivity contribution in [2.75, 3.05) is 11.9 Å². The van der Waals surface area contributed by atoms with Crippen LogP contribution < -0.4 is 5.32 Å². The van der Waals surface area contributed by atoms with Crippen molar-refractivity contribution < 1.29 is 5.11 Å². The Morgan fingerprint density at radius 1 is 1.50 bits per heavy atom. The Kier molecular flexibility index (Phi) is 6.17. The first-order valence-electron chi connectivity index (χ1n) is 5.49. The number of hydrogen-bond donors (Lipinski definition) is 2. The van der Waals surface area contributed by atoms with Gasteiger partial charge in [-0.2, -0.15) is 0 Å². The van der Waals surface area contributed by atoms with Gasteiger partial charge in [-0.3, -0.25) is 0 Å². The summed E-state index contributed by atoms with van der Waals surface area (Å²) in [5.74, 6) is 0. The van der Waals surface area contributed by atoms with Crippen molar-refractivity contribution >= 4 is 33.2 Å². The van der Waals surface area contributed by atoms with Gasteiger partial charge in [0.2, 0.25) is 0 Å². The van der Waals surface area contributed by atoms with Gasteiger partial charge in [-0.25, -0.2) is 0 Å². The number of hydrogen-bond acceptors (Lipinski definition) is 2. The van der Waals surface area contributed by atoms with Crippen molar-refractivity contribution in [3.05, 3.63) is 27.7 Å². The number of aliphatic hydroxyl groups excluding tert-OH is 1. The molecule has 0 saturated carbocycles.